The molecule has 9 aromatic carbocycles. The zero-order valence-electron chi connectivity index (χ0n) is 31.0. The summed E-state index contributed by atoms with van der Waals surface area (Å²) in [6, 6.07) is 75.0. The molecule has 57 heavy (non-hydrogen) atoms. The van der Waals surface area contributed by atoms with Gasteiger partial charge in [-0.25, -0.2) is 0 Å². The minimum absolute atomic E-state index is 0.00138. The summed E-state index contributed by atoms with van der Waals surface area (Å²) in [4.78, 5) is 0. The van der Waals surface area contributed by atoms with E-state index in [0.717, 1.165) is 0 Å². The van der Waals surface area contributed by atoms with E-state index in [-0.39, 0.29) is 6.71 Å². The van der Waals surface area contributed by atoms with Crippen LogP contribution in [0.15, 0.2) is 200 Å². The van der Waals surface area contributed by atoms with Gasteiger partial charge in [0.15, 0.2) is 0 Å². The van der Waals surface area contributed by atoms with E-state index in [2.05, 4.69) is 209 Å². The van der Waals surface area contributed by atoms with Crippen LogP contribution in [0.2, 0.25) is 0 Å². The lowest BCUT2D eigenvalue weighted by molar-refractivity contribution is 1.16. The van der Waals surface area contributed by atoms with E-state index in [1.807, 2.05) is 0 Å². The summed E-state index contributed by atoms with van der Waals surface area (Å²) in [5.74, 6) is 0. The van der Waals surface area contributed by atoms with E-state index >= 15 is 0 Å². The standard InChI is InChI=1S/C54H33BN2/c1-5-21-38-34(17-1)36-19-3-7-23-40(36)44-33-45-41-24-8-4-20-37(41)35-18-2-6-22-39(35)43-26-10-14-30-49(43)57-51-32-16-12-28-47(51)55-46-27-11-15-31-50(46)56(53(44)52(55)54(45)57)48-29-13-9-25-42(38)48/h1-33H. The molecule has 262 valence electrons. The van der Waals surface area contributed by atoms with E-state index in [1.54, 1.807) is 0 Å². The number of hydrogen-bond acceptors (Lipinski definition) is 0. The topological polar surface area (TPSA) is 9.86 Å². The highest BCUT2D eigenvalue weighted by Gasteiger charge is 2.39. The van der Waals surface area contributed by atoms with Gasteiger partial charge >= 0.3 is 0 Å². The first-order valence-electron chi connectivity index (χ1n) is 19.9. The van der Waals surface area contributed by atoms with Crippen LogP contribution < -0.4 is 16.4 Å². The molecule has 0 saturated heterocycles. The van der Waals surface area contributed by atoms with Gasteiger partial charge in [0.05, 0.1) is 22.1 Å². The van der Waals surface area contributed by atoms with Gasteiger partial charge in [0, 0.05) is 32.9 Å². The second kappa shape index (κ2) is 11.6. The molecule has 2 nitrogen and oxygen atoms in total. The van der Waals surface area contributed by atoms with Crippen LogP contribution in [-0.4, -0.2) is 15.8 Å². The molecule has 0 amide bonds. The summed E-state index contributed by atoms with van der Waals surface area (Å²) >= 11 is 0. The smallest absolute Gasteiger partial charge is 0.252 e. The van der Waals surface area contributed by atoms with Crippen LogP contribution in [-0.2, 0) is 0 Å². The maximum absolute atomic E-state index is 2.61. The van der Waals surface area contributed by atoms with Crippen molar-refractivity contribution < 1.29 is 0 Å². The van der Waals surface area contributed by atoms with Crippen LogP contribution in [0.1, 0.15) is 0 Å². The van der Waals surface area contributed by atoms with Crippen LogP contribution >= 0.6 is 0 Å². The van der Waals surface area contributed by atoms with Crippen LogP contribution in [0.3, 0.4) is 0 Å². The van der Waals surface area contributed by atoms with E-state index in [1.165, 1.54) is 114 Å². The predicted octanol–water partition coefficient (Wildman–Crippen LogP) is 11.9. The average Bonchev–Trinajstić information content (AvgIpc) is 3.36. The number of hydrogen-bond donors (Lipinski definition) is 0. The molecule has 13 rings (SSSR count). The van der Waals surface area contributed by atoms with Gasteiger partial charge in [-0.2, -0.15) is 0 Å². The van der Waals surface area contributed by atoms with Crippen molar-refractivity contribution in [3.63, 3.8) is 0 Å². The minimum Gasteiger partial charge on any atom is -0.310 e. The molecule has 0 atom stereocenters. The Morgan fingerprint density at radius 3 is 0.930 bits per heavy atom. The molecule has 0 saturated carbocycles. The zero-order valence-corrected chi connectivity index (χ0v) is 31.0. The number of benzene rings is 9. The molecule has 0 bridgehead atoms. The fourth-order valence-corrected chi connectivity index (χ4v) is 10.5. The Hall–Kier alpha value is -7.36. The van der Waals surface area contributed by atoms with Crippen molar-refractivity contribution >= 4 is 110 Å². The Morgan fingerprint density at radius 2 is 0.544 bits per heavy atom. The highest BCUT2D eigenvalue weighted by Crippen LogP contribution is 2.41. The molecule has 0 spiro atoms. The van der Waals surface area contributed by atoms with Crippen LogP contribution in [0.5, 0.6) is 0 Å². The van der Waals surface area contributed by atoms with E-state index in [0.29, 0.717) is 0 Å². The van der Waals surface area contributed by atoms with Gasteiger partial charge in [-0.05, 0) is 89.8 Å². The second-order valence-corrected chi connectivity index (χ2v) is 15.5. The Bertz CT molecular complexity index is 3480. The van der Waals surface area contributed by atoms with E-state index < -0.39 is 0 Å². The number of rotatable bonds is 0. The SMILES string of the molecule is c1ccc2c(c1)B1c3ccccc3-n3c4ccccc4c4ccccc4c4ccccc4c4cc5c6ccccc6c6ccccc6c6ccccc6n-2c5c1c43. The first-order chi connectivity index (χ1) is 28.3. The van der Waals surface area contributed by atoms with Gasteiger partial charge in [0.2, 0.25) is 0 Å². The van der Waals surface area contributed by atoms with Gasteiger partial charge in [-0.15, -0.1) is 0 Å². The highest BCUT2D eigenvalue weighted by atomic mass is 15.0. The predicted molar refractivity (Wildman–Crippen MR) is 245 cm³/mol. The molecule has 0 aliphatic carbocycles. The summed E-state index contributed by atoms with van der Waals surface area (Å²) in [7, 11) is 0. The van der Waals surface area contributed by atoms with Gasteiger partial charge in [-0.1, -0.05) is 170 Å². The van der Waals surface area contributed by atoms with Crippen LogP contribution in [0.25, 0.3) is 98.1 Å². The molecule has 0 fully saturated rings. The molecular formula is C54H33BN2. The van der Waals surface area contributed by atoms with Gasteiger partial charge in [0.1, 0.15) is 0 Å². The van der Waals surface area contributed by atoms with Gasteiger partial charge in [0.25, 0.3) is 6.71 Å². The van der Waals surface area contributed by atoms with Crippen molar-refractivity contribution in [2.45, 2.75) is 0 Å². The number of para-hydroxylation sites is 4. The van der Waals surface area contributed by atoms with Crippen LogP contribution in [0.4, 0.5) is 0 Å². The monoisotopic (exact) mass is 720 g/mol. The minimum atomic E-state index is -0.00138. The third-order valence-electron chi connectivity index (χ3n) is 12.8. The molecule has 2 aliphatic heterocycles. The van der Waals surface area contributed by atoms with Crippen molar-refractivity contribution in [2.75, 3.05) is 0 Å². The third kappa shape index (κ3) is 4.10. The summed E-state index contributed by atoms with van der Waals surface area (Å²) in [5.41, 5.74) is 11.3. The fraction of sp³-hybridized carbons (Fsp3) is 0. The first-order valence-corrected chi connectivity index (χ1v) is 19.9. The van der Waals surface area contributed by atoms with Crippen LogP contribution in [0, 0.1) is 0 Å². The number of aromatic nitrogens is 2. The summed E-state index contributed by atoms with van der Waals surface area (Å²) in [6.45, 7) is -0.00138. The lowest BCUT2D eigenvalue weighted by atomic mass is 9.34. The molecule has 0 unspecified atom stereocenters. The average molecular weight is 721 g/mol. The molecule has 2 aromatic heterocycles. The van der Waals surface area contributed by atoms with Crippen molar-refractivity contribution in [1.82, 2.24) is 9.13 Å². The highest BCUT2D eigenvalue weighted by molar-refractivity contribution is 7.00. The maximum Gasteiger partial charge on any atom is 0.252 e. The van der Waals surface area contributed by atoms with Crippen molar-refractivity contribution in [1.29, 1.82) is 0 Å². The lowest BCUT2D eigenvalue weighted by Gasteiger charge is -2.35. The molecule has 11 aromatic rings. The summed E-state index contributed by atoms with van der Waals surface area (Å²) in [6.07, 6.45) is 0. The second-order valence-electron chi connectivity index (χ2n) is 15.5. The van der Waals surface area contributed by atoms with Crippen molar-refractivity contribution in [3.05, 3.63) is 200 Å². The Kier molecular flexibility index (Phi) is 6.28. The summed E-state index contributed by atoms with van der Waals surface area (Å²) < 4.78 is 5.21. The van der Waals surface area contributed by atoms with E-state index in [4.69, 9.17) is 0 Å². The molecule has 3 heteroatoms. The molecule has 2 aliphatic rings. The number of fused-ring (bicyclic) bond motifs is 20. The largest absolute Gasteiger partial charge is 0.310 e. The van der Waals surface area contributed by atoms with Crippen molar-refractivity contribution in [3.8, 4) is 11.4 Å². The van der Waals surface area contributed by atoms with E-state index in [9.17, 15) is 0 Å². The van der Waals surface area contributed by atoms with Gasteiger partial charge in [-0.3, -0.25) is 0 Å². The number of nitrogens with zero attached hydrogens (tertiary/aromatic N) is 2. The lowest BCUT2D eigenvalue weighted by Crippen LogP contribution is -2.59. The Morgan fingerprint density at radius 1 is 0.263 bits per heavy atom. The third-order valence-corrected chi connectivity index (χ3v) is 12.8. The Labute approximate surface area is 329 Å². The maximum atomic E-state index is 2.61. The Balaban J connectivity index is 1.50. The quantitative estimate of drug-likeness (QED) is 0.138. The molecule has 0 radical (unpaired) electrons. The van der Waals surface area contributed by atoms with Crippen molar-refractivity contribution in [2.24, 2.45) is 0 Å². The zero-order chi connectivity index (χ0) is 37.2. The first kappa shape index (κ1) is 30.9. The fourth-order valence-electron chi connectivity index (χ4n) is 10.5. The summed E-state index contributed by atoms with van der Waals surface area (Å²) in [5, 5.41) is 14.8. The molecular weight excluding hydrogens is 687 g/mol. The molecule has 0 N–H and O–H groups in total. The van der Waals surface area contributed by atoms with Gasteiger partial charge < -0.3 is 9.13 Å². The normalized spacial score (nSPS) is 12.5. The molecule has 4 heterocycles.